The summed E-state index contributed by atoms with van der Waals surface area (Å²) < 4.78 is 4.78. The van der Waals surface area contributed by atoms with E-state index in [1.807, 2.05) is 0 Å². The van der Waals surface area contributed by atoms with Crippen molar-refractivity contribution in [1.29, 1.82) is 0 Å². The van der Waals surface area contributed by atoms with Gasteiger partial charge in [0.25, 0.3) is 5.91 Å². The maximum Gasteiger partial charge on any atom is 0.256 e. The first-order valence-electron chi connectivity index (χ1n) is 6.73. The third-order valence-electron chi connectivity index (χ3n) is 3.67. The van der Waals surface area contributed by atoms with Gasteiger partial charge >= 0.3 is 0 Å². The van der Waals surface area contributed by atoms with Crippen LogP contribution in [0, 0.1) is 6.92 Å². The summed E-state index contributed by atoms with van der Waals surface area (Å²) in [6.07, 6.45) is 2.31. The van der Waals surface area contributed by atoms with Crippen molar-refractivity contribution in [1.82, 2.24) is 15.8 Å². The van der Waals surface area contributed by atoms with E-state index in [-0.39, 0.29) is 11.9 Å². The molecule has 1 amide bonds. The standard InChI is InChI=1S/C15H17N3O2/c1-10-14(9-20-18-10)15(19)17-8-13-6-11-4-2-3-5-12(11)7-16-13/h2-5,9,13,16H,6-8H2,1H3,(H,17,19). The lowest BCUT2D eigenvalue weighted by Gasteiger charge is -2.26. The Labute approximate surface area is 117 Å². The molecule has 2 heterocycles. The normalized spacial score (nSPS) is 17.6. The van der Waals surface area contributed by atoms with Gasteiger partial charge in [0.05, 0.1) is 5.69 Å². The van der Waals surface area contributed by atoms with E-state index in [9.17, 15) is 4.79 Å². The second kappa shape index (κ2) is 5.46. The van der Waals surface area contributed by atoms with Gasteiger partial charge in [-0.05, 0) is 24.5 Å². The Morgan fingerprint density at radius 3 is 3.00 bits per heavy atom. The molecule has 2 aromatic rings. The Bertz CT molecular complexity index is 621. The van der Waals surface area contributed by atoms with Crippen molar-refractivity contribution in [2.75, 3.05) is 6.54 Å². The van der Waals surface area contributed by atoms with Crippen LogP contribution in [0.2, 0.25) is 0 Å². The van der Waals surface area contributed by atoms with Crippen molar-refractivity contribution in [2.24, 2.45) is 0 Å². The molecule has 0 saturated carbocycles. The number of carbonyl (C=O) groups excluding carboxylic acids is 1. The summed E-state index contributed by atoms with van der Waals surface area (Å²) in [7, 11) is 0. The van der Waals surface area contributed by atoms with Crippen LogP contribution in [0.4, 0.5) is 0 Å². The van der Waals surface area contributed by atoms with Gasteiger partial charge < -0.3 is 15.2 Å². The fourth-order valence-electron chi connectivity index (χ4n) is 2.49. The molecule has 2 N–H and O–H groups in total. The predicted octanol–water partition coefficient (Wildman–Crippen LogP) is 1.43. The lowest BCUT2D eigenvalue weighted by molar-refractivity contribution is 0.0947. The second-order valence-electron chi connectivity index (χ2n) is 5.07. The predicted molar refractivity (Wildman–Crippen MR) is 74.3 cm³/mol. The van der Waals surface area contributed by atoms with Gasteiger partial charge in [0.1, 0.15) is 11.8 Å². The Kier molecular flexibility index (Phi) is 3.52. The third kappa shape index (κ3) is 2.58. The highest BCUT2D eigenvalue weighted by Crippen LogP contribution is 2.15. The highest BCUT2D eigenvalue weighted by Gasteiger charge is 2.19. The van der Waals surface area contributed by atoms with Crippen molar-refractivity contribution in [3.8, 4) is 0 Å². The van der Waals surface area contributed by atoms with Crippen LogP contribution in [-0.2, 0) is 13.0 Å². The molecular formula is C15H17N3O2. The van der Waals surface area contributed by atoms with E-state index in [0.717, 1.165) is 13.0 Å². The molecule has 0 spiro atoms. The Morgan fingerprint density at radius 1 is 1.45 bits per heavy atom. The summed E-state index contributed by atoms with van der Waals surface area (Å²) in [6, 6.07) is 8.65. The van der Waals surface area contributed by atoms with Gasteiger partial charge in [0.2, 0.25) is 0 Å². The van der Waals surface area contributed by atoms with Crippen molar-refractivity contribution in [3.05, 3.63) is 52.9 Å². The van der Waals surface area contributed by atoms with Crippen LogP contribution in [0.3, 0.4) is 0 Å². The van der Waals surface area contributed by atoms with Crippen LogP contribution in [0.5, 0.6) is 0 Å². The smallest absolute Gasteiger partial charge is 0.256 e. The number of amides is 1. The van der Waals surface area contributed by atoms with Gasteiger partial charge in [-0.3, -0.25) is 4.79 Å². The largest absolute Gasteiger partial charge is 0.364 e. The summed E-state index contributed by atoms with van der Waals surface area (Å²) in [5.41, 5.74) is 3.81. The molecule has 1 aliphatic rings. The van der Waals surface area contributed by atoms with Crippen molar-refractivity contribution >= 4 is 5.91 Å². The average molecular weight is 271 g/mol. The van der Waals surface area contributed by atoms with E-state index in [2.05, 4.69) is 40.1 Å². The molecule has 3 rings (SSSR count). The molecule has 1 unspecified atom stereocenters. The fraction of sp³-hybridized carbons (Fsp3) is 0.333. The van der Waals surface area contributed by atoms with Gasteiger partial charge in [-0.2, -0.15) is 0 Å². The summed E-state index contributed by atoms with van der Waals surface area (Å²) in [5, 5.41) is 10.1. The summed E-state index contributed by atoms with van der Waals surface area (Å²) in [5.74, 6) is -0.135. The molecule has 1 aromatic heterocycles. The first kappa shape index (κ1) is 12.9. The molecule has 0 saturated heterocycles. The lowest BCUT2D eigenvalue weighted by atomic mass is 9.96. The number of aryl methyl sites for hydroxylation is 1. The minimum atomic E-state index is -0.135. The van der Waals surface area contributed by atoms with E-state index in [1.54, 1.807) is 6.92 Å². The molecule has 104 valence electrons. The van der Waals surface area contributed by atoms with Crippen LogP contribution in [0.1, 0.15) is 27.2 Å². The Hall–Kier alpha value is -2.14. The van der Waals surface area contributed by atoms with Crippen molar-refractivity contribution in [3.63, 3.8) is 0 Å². The molecular weight excluding hydrogens is 254 g/mol. The number of nitrogens with zero attached hydrogens (tertiary/aromatic N) is 1. The van der Waals surface area contributed by atoms with Crippen LogP contribution in [0.15, 0.2) is 35.1 Å². The number of hydrogen-bond acceptors (Lipinski definition) is 4. The number of benzene rings is 1. The lowest BCUT2D eigenvalue weighted by Crippen LogP contribution is -2.44. The zero-order valence-electron chi connectivity index (χ0n) is 11.3. The van der Waals surface area contributed by atoms with E-state index in [1.165, 1.54) is 17.4 Å². The van der Waals surface area contributed by atoms with Gasteiger partial charge in [-0.1, -0.05) is 29.4 Å². The highest BCUT2D eigenvalue weighted by molar-refractivity contribution is 5.94. The summed E-state index contributed by atoms with van der Waals surface area (Å²) >= 11 is 0. The summed E-state index contributed by atoms with van der Waals surface area (Å²) in [6.45, 7) is 3.20. The molecule has 20 heavy (non-hydrogen) atoms. The second-order valence-corrected chi connectivity index (χ2v) is 5.07. The Morgan fingerprint density at radius 2 is 2.25 bits per heavy atom. The van der Waals surface area contributed by atoms with Gasteiger partial charge in [0.15, 0.2) is 0 Å². The molecule has 5 nitrogen and oxygen atoms in total. The van der Waals surface area contributed by atoms with E-state index < -0.39 is 0 Å². The van der Waals surface area contributed by atoms with Gasteiger partial charge in [0, 0.05) is 19.1 Å². The van der Waals surface area contributed by atoms with E-state index in [4.69, 9.17) is 4.52 Å². The third-order valence-corrected chi connectivity index (χ3v) is 3.67. The van der Waals surface area contributed by atoms with E-state index >= 15 is 0 Å². The van der Waals surface area contributed by atoms with Crippen LogP contribution >= 0.6 is 0 Å². The van der Waals surface area contributed by atoms with Crippen LogP contribution < -0.4 is 10.6 Å². The van der Waals surface area contributed by atoms with Crippen LogP contribution in [-0.4, -0.2) is 23.7 Å². The number of carbonyl (C=O) groups is 1. The zero-order valence-corrected chi connectivity index (χ0v) is 11.3. The molecule has 1 atom stereocenters. The average Bonchev–Trinajstić information content (AvgIpc) is 2.91. The number of rotatable bonds is 3. The molecule has 0 radical (unpaired) electrons. The van der Waals surface area contributed by atoms with Crippen molar-refractivity contribution < 1.29 is 9.32 Å². The number of fused-ring (bicyclic) bond motifs is 1. The zero-order chi connectivity index (χ0) is 13.9. The first-order chi connectivity index (χ1) is 9.74. The molecule has 0 bridgehead atoms. The topological polar surface area (TPSA) is 67.2 Å². The monoisotopic (exact) mass is 271 g/mol. The van der Waals surface area contributed by atoms with Gasteiger partial charge in [-0.15, -0.1) is 0 Å². The quantitative estimate of drug-likeness (QED) is 0.886. The number of nitrogens with one attached hydrogen (secondary N) is 2. The van der Waals surface area contributed by atoms with Gasteiger partial charge in [-0.25, -0.2) is 0 Å². The van der Waals surface area contributed by atoms with E-state index in [0.29, 0.717) is 17.8 Å². The minimum Gasteiger partial charge on any atom is -0.364 e. The SMILES string of the molecule is Cc1nocc1C(=O)NCC1Cc2ccccc2CN1. The maximum atomic E-state index is 12.0. The van der Waals surface area contributed by atoms with Crippen molar-refractivity contribution in [2.45, 2.75) is 25.9 Å². The highest BCUT2D eigenvalue weighted by atomic mass is 16.5. The molecule has 1 aromatic carbocycles. The van der Waals surface area contributed by atoms with Crippen LogP contribution in [0.25, 0.3) is 0 Å². The molecule has 1 aliphatic heterocycles. The Balaban J connectivity index is 1.58. The molecule has 5 heteroatoms. The number of aromatic nitrogens is 1. The fourth-order valence-corrected chi connectivity index (χ4v) is 2.49. The minimum absolute atomic E-state index is 0.135. The number of hydrogen-bond donors (Lipinski definition) is 2. The first-order valence-corrected chi connectivity index (χ1v) is 6.73. The molecule has 0 fully saturated rings. The maximum absolute atomic E-state index is 12.0. The molecule has 0 aliphatic carbocycles. The summed E-state index contributed by atoms with van der Waals surface area (Å²) in [4.78, 5) is 12.0.